The normalized spacial score (nSPS) is 29.7. The van der Waals surface area contributed by atoms with Crippen molar-refractivity contribution in [2.24, 2.45) is 11.1 Å². The maximum Gasteiger partial charge on any atom is 0.249 e. The number of hydrogen-bond donors (Lipinski definition) is 4. The molecule has 3 fully saturated rings. The van der Waals surface area contributed by atoms with E-state index in [4.69, 9.17) is 20.4 Å². The van der Waals surface area contributed by atoms with E-state index in [1.165, 1.54) is 0 Å². The number of fused-ring (bicyclic) bond motifs is 1. The zero-order chi connectivity index (χ0) is 30.4. The Balaban J connectivity index is 1.36. The van der Waals surface area contributed by atoms with Crippen LogP contribution in [0.15, 0.2) is 30.2 Å². The molecule has 3 aliphatic carbocycles. The zero-order valence-electron chi connectivity index (χ0n) is 25.8. The fourth-order valence-electron chi connectivity index (χ4n) is 8.09. The molecule has 1 aromatic heterocycles. The number of carbonyl (C=O) groups is 2. The molecule has 2 aliphatic heterocycles. The predicted octanol–water partition coefficient (Wildman–Crippen LogP) is 2.26. The second kappa shape index (κ2) is 11.5. The summed E-state index contributed by atoms with van der Waals surface area (Å²) in [5, 5.41) is 16.7. The van der Waals surface area contributed by atoms with Gasteiger partial charge in [0.1, 0.15) is 34.8 Å². The minimum absolute atomic E-state index is 0.0125. The summed E-state index contributed by atoms with van der Waals surface area (Å²) < 4.78 is 5.81. The number of aromatic nitrogens is 2. The second-order valence-electron chi connectivity index (χ2n) is 13.4. The summed E-state index contributed by atoms with van der Waals surface area (Å²) in [4.78, 5) is 41.4. The third-order valence-corrected chi connectivity index (χ3v) is 10.9. The fraction of sp³-hybridized carbons (Fsp3) is 0.688. The van der Waals surface area contributed by atoms with Gasteiger partial charge in [-0.25, -0.2) is 9.97 Å². The Kier molecular flexibility index (Phi) is 8.02. The summed E-state index contributed by atoms with van der Waals surface area (Å²) >= 11 is 0. The first-order valence-corrected chi connectivity index (χ1v) is 16.0. The molecule has 43 heavy (non-hydrogen) atoms. The van der Waals surface area contributed by atoms with E-state index in [1.807, 2.05) is 13.0 Å². The molecule has 6 rings (SSSR count). The zero-order valence-corrected chi connectivity index (χ0v) is 25.8. The van der Waals surface area contributed by atoms with Gasteiger partial charge in [0.05, 0.1) is 13.3 Å². The quantitative estimate of drug-likeness (QED) is 0.357. The van der Waals surface area contributed by atoms with Crippen molar-refractivity contribution in [1.82, 2.24) is 20.6 Å². The van der Waals surface area contributed by atoms with Gasteiger partial charge in [-0.2, -0.15) is 0 Å². The summed E-state index contributed by atoms with van der Waals surface area (Å²) in [5.41, 5.74) is 6.00. The Labute approximate surface area is 254 Å². The van der Waals surface area contributed by atoms with Gasteiger partial charge in [-0.15, -0.1) is 0 Å². The van der Waals surface area contributed by atoms with Crippen LogP contribution in [0, 0.1) is 5.41 Å². The second-order valence-corrected chi connectivity index (χ2v) is 13.4. The summed E-state index contributed by atoms with van der Waals surface area (Å²) in [7, 11) is 3.34. The number of nitrogens with two attached hydrogens (primary N) is 1. The first-order chi connectivity index (χ1) is 20.7. The number of rotatable bonds is 8. The maximum absolute atomic E-state index is 14.3. The van der Waals surface area contributed by atoms with Crippen LogP contribution in [0.2, 0.25) is 0 Å². The molecule has 2 amide bonds. The largest absolute Gasteiger partial charge is 0.500 e. The van der Waals surface area contributed by atoms with Crippen molar-refractivity contribution in [2.75, 3.05) is 43.7 Å². The van der Waals surface area contributed by atoms with Crippen LogP contribution in [0.1, 0.15) is 82.9 Å². The number of anilines is 2. The van der Waals surface area contributed by atoms with Crippen LogP contribution in [-0.4, -0.2) is 83.9 Å². The Morgan fingerprint density at radius 1 is 1.23 bits per heavy atom. The number of methoxy groups -OCH3 is 1. The maximum atomic E-state index is 14.3. The van der Waals surface area contributed by atoms with Crippen molar-refractivity contribution in [3.8, 4) is 0 Å². The van der Waals surface area contributed by atoms with Crippen molar-refractivity contribution < 1.29 is 19.4 Å². The van der Waals surface area contributed by atoms with E-state index in [-0.39, 0.29) is 30.5 Å². The van der Waals surface area contributed by atoms with Crippen LogP contribution < -0.4 is 26.2 Å². The topological polar surface area (TPSA) is 146 Å². The molecular formula is C32H47N7O4. The Morgan fingerprint density at radius 3 is 2.56 bits per heavy atom. The van der Waals surface area contributed by atoms with Crippen molar-refractivity contribution >= 4 is 23.3 Å². The van der Waals surface area contributed by atoms with Crippen LogP contribution in [0.4, 0.5) is 11.5 Å². The molecule has 0 bridgehead atoms. The molecule has 3 atom stereocenters. The summed E-state index contributed by atoms with van der Waals surface area (Å²) in [6.45, 7) is 4.05. The number of aliphatic hydroxyl groups is 1. The van der Waals surface area contributed by atoms with Gasteiger partial charge in [0, 0.05) is 38.3 Å². The smallest absolute Gasteiger partial charge is 0.249 e. The Bertz CT molecular complexity index is 1290. The molecule has 11 heteroatoms. The average molecular weight is 594 g/mol. The van der Waals surface area contributed by atoms with Crippen LogP contribution in [0.5, 0.6) is 0 Å². The number of amides is 2. The van der Waals surface area contributed by atoms with Gasteiger partial charge in [-0.05, 0) is 62.9 Å². The van der Waals surface area contributed by atoms with Crippen molar-refractivity contribution in [1.29, 1.82) is 0 Å². The van der Waals surface area contributed by atoms with E-state index in [9.17, 15) is 14.7 Å². The fourth-order valence-corrected chi connectivity index (χ4v) is 8.09. The number of allylic oxidation sites excluding steroid dienone is 2. The number of nitrogens with zero attached hydrogens (tertiary/aromatic N) is 4. The van der Waals surface area contributed by atoms with Crippen molar-refractivity contribution in [3.63, 3.8) is 0 Å². The highest BCUT2D eigenvalue weighted by Gasteiger charge is 2.52. The lowest BCUT2D eigenvalue weighted by molar-refractivity contribution is -0.129. The number of nitrogens with one attached hydrogen (secondary N) is 2. The highest BCUT2D eigenvalue weighted by Crippen LogP contribution is 2.46. The summed E-state index contributed by atoms with van der Waals surface area (Å²) in [6.07, 6.45) is 16.0. The number of aliphatic hydroxyl groups excluding tert-OH is 1. The number of likely N-dealkylation sites (N-methyl/N-ethyl adjacent to an activating group) is 1. The Hall–Kier alpha value is -3.02. The molecule has 0 radical (unpaired) electrons. The van der Waals surface area contributed by atoms with E-state index >= 15 is 0 Å². The van der Waals surface area contributed by atoms with Crippen molar-refractivity contribution in [3.05, 3.63) is 36.0 Å². The molecule has 3 heterocycles. The van der Waals surface area contributed by atoms with Gasteiger partial charge in [0.15, 0.2) is 5.82 Å². The van der Waals surface area contributed by atoms with E-state index in [2.05, 4.69) is 15.5 Å². The third kappa shape index (κ3) is 5.03. The molecule has 1 aromatic rings. The van der Waals surface area contributed by atoms with E-state index in [0.717, 1.165) is 64.5 Å². The van der Waals surface area contributed by atoms with Gasteiger partial charge >= 0.3 is 0 Å². The highest BCUT2D eigenvalue weighted by atomic mass is 16.5. The molecule has 1 spiro atoms. The van der Waals surface area contributed by atoms with E-state index in [0.29, 0.717) is 41.3 Å². The molecular weight excluding hydrogens is 546 g/mol. The lowest BCUT2D eigenvalue weighted by atomic mass is 9.63. The van der Waals surface area contributed by atoms with Gasteiger partial charge in [0.25, 0.3) is 0 Å². The molecule has 234 valence electrons. The molecule has 3 unspecified atom stereocenters. The minimum atomic E-state index is -1.53. The first-order valence-electron chi connectivity index (χ1n) is 16.0. The lowest BCUT2D eigenvalue weighted by Gasteiger charge is -2.52. The van der Waals surface area contributed by atoms with Gasteiger partial charge < -0.3 is 36.0 Å². The third-order valence-electron chi connectivity index (χ3n) is 10.9. The monoisotopic (exact) mass is 593 g/mol. The van der Waals surface area contributed by atoms with Crippen LogP contribution in [-0.2, 0) is 14.3 Å². The summed E-state index contributed by atoms with van der Waals surface area (Å²) in [6, 6.07) is -0.0886. The molecule has 5 aliphatic rings. The van der Waals surface area contributed by atoms with Gasteiger partial charge in [-0.3, -0.25) is 9.59 Å². The highest BCUT2D eigenvalue weighted by molar-refractivity contribution is 6.04. The average Bonchev–Trinajstić information content (AvgIpc) is 3.53. The predicted molar refractivity (Wildman–Crippen MR) is 164 cm³/mol. The molecule has 2 saturated carbocycles. The van der Waals surface area contributed by atoms with Gasteiger partial charge in [-0.1, -0.05) is 31.9 Å². The molecule has 5 N–H and O–H groups in total. The SMILES string of the molecule is CCC1C(=O)N(C)c2cnc(C3C(OC)=CC=CC3(N)C(=O)NC3(CCO)CCC4(CC3)CNC4)nc2N1C1CCCC1. The van der Waals surface area contributed by atoms with E-state index in [1.54, 1.807) is 37.4 Å². The standard InChI is InChI=1S/C32H47N7O4/c1-4-22-28(41)38(2)23-18-35-26(36-27(23)39(22)21-8-5-6-9-21)25-24(43-3)10-7-11-32(25,33)29(42)37-31(16-17-40)14-12-30(13-15-31)19-34-20-30/h7,10-11,18,21-22,25,34,40H,4-6,8-9,12-17,19-20,33H2,1-3H3,(H,37,42). The number of carbonyl (C=O) groups excluding carboxylic acids is 2. The van der Waals surface area contributed by atoms with Crippen molar-refractivity contribution in [2.45, 2.75) is 100 Å². The van der Waals surface area contributed by atoms with Crippen LogP contribution >= 0.6 is 0 Å². The number of ether oxygens (including phenoxy) is 1. The summed E-state index contributed by atoms with van der Waals surface area (Å²) in [5.74, 6) is 0.526. The number of hydrogen-bond acceptors (Lipinski definition) is 9. The van der Waals surface area contributed by atoms with Crippen LogP contribution in [0.25, 0.3) is 0 Å². The Morgan fingerprint density at radius 2 is 1.95 bits per heavy atom. The minimum Gasteiger partial charge on any atom is -0.500 e. The molecule has 0 aromatic carbocycles. The van der Waals surface area contributed by atoms with Crippen LogP contribution in [0.3, 0.4) is 0 Å². The van der Waals surface area contributed by atoms with E-state index < -0.39 is 17.0 Å². The molecule has 11 nitrogen and oxygen atoms in total. The van der Waals surface area contributed by atoms with Gasteiger partial charge in [0.2, 0.25) is 11.8 Å². The molecule has 1 saturated heterocycles. The lowest BCUT2D eigenvalue weighted by Crippen LogP contribution is -2.65. The first kappa shape index (κ1) is 30.0.